The molecule has 0 bridgehead atoms. The number of amides is 1. The highest BCUT2D eigenvalue weighted by atomic mass is 19.3. The van der Waals surface area contributed by atoms with Crippen molar-refractivity contribution in [1.29, 1.82) is 0 Å². The highest BCUT2D eigenvalue weighted by Crippen LogP contribution is 2.31. The number of para-hydroxylation sites is 1. The number of benzene rings is 2. The molecule has 0 aliphatic carbocycles. The zero-order valence-corrected chi connectivity index (χ0v) is 13.3. The molecule has 0 saturated heterocycles. The average Bonchev–Trinajstić information content (AvgIpc) is 2.57. The van der Waals surface area contributed by atoms with Gasteiger partial charge >= 0.3 is 6.61 Å². The van der Waals surface area contributed by atoms with Crippen LogP contribution in [0.3, 0.4) is 0 Å². The standard InChI is InChI=1S/C17H16F2N2O4/c1-2-24-14-8-4-6-12(15(14)25-17(18)19)10-20-21-16(23)11-5-3-7-13(22)9-11/h3-10,17,22H,2H2,1H3,(H,21,23)/b20-10-. The topological polar surface area (TPSA) is 80.2 Å². The number of hydrogen-bond donors (Lipinski definition) is 2. The summed E-state index contributed by atoms with van der Waals surface area (Å²) in [6.45, 7) is -1.05. The van der Waals surface area contributed by atoms with Gasteiger partial charge in [0.1, 0.15) is 5.75 Å². The van der Waals surface area contributed by atoms with Crippen LogP contribution in [0.25, 0.3) is 0 Å². The Balaban J connectivity index is 2.16. The summed E-state index contributed by atoms with van der Waals surface area (Å²) in [6.07, 6.45) is 1.17. The van der Waals surface area contributed by atoms with Gasteiger partial charge in [-0.2, -0.15) is 13.9 Å². The molecule has 0 atom stereocenters. The molecule has 0 saturated carbocycles. The normalized spacial score (nSPS) is 10.9. The minimum Gasteiger partial charge on any atom is -0.508 e. The Morgan fingerprint density at radius 1 is 1.32 bits per heavy atom. The molecule has 2 aromatic carbocycles. The van der Waals surface area contributed by atoms with E-state index in [2.05, 4.69) is 15.3 Å². The third kappa shape index (κ3) is 5.17. The maximum Gasteiger partial charge on any atom is 0.387 e. The van der Waals surface area contributed by atoms with Gasteiger partial charge in [-0.15, -0.1) is 0 Å². The number of aromatic hydroxyl groups is 1. The third-order valence-corrected chi connectivity index (χ3v) is 2.99. The van der Waals surface area contributed by atoms with Gasteiger partial charge in [0.2, 0.25) is 0 Å². The first-order chi connectivity index (χ1) is 12.0. The fraction of sp³-hybridized carbons (Fsp3) is 0.176. The number of alkyl halides is 2. The van der Waals surface area contributed by atoms with Crippen LogP contribution in [0.4, 0.5) is 8.78 Å². The molecule has 6 nitrogen and oxygen atoms in total. The summed E-state index contributed by atoms with van der Waals surface area (Å²) in [5, 5.41) is 13.1. The Bertz CT molecular complexity index is 766. The summed E-state index contributed by atoms with van der Waals surface area (Å²) in [4.78, 5) is 11.9. The van der Waals surface area contributed by atoms with E-state index in [9.17, 15) is 18.7 Å². The van der Waals surface area contributed by atoms with Crippen molar-refractivity contribution in [3.05, 3.63) is 53.6 Å². The van der Waals surface area contributed by atoms with Gasteiger partial charge < -0.3 is 14.6 Å². The molecule has 2 aromatic rings. The highest BCUT2D eigenvalue weighted by molar-refractivity contribution is 5.95. The van der Waals surface area contributed by atoms with Gasteiger partial charge in [-0.25, -0.2) is 5.43 Å². The van der Waals surface area contributed by atoms with E-state index in [4.69, 9.17) is 4.74 Å². The zero-order valence-electron chi connectivity index (χ0n) is 13.3. The molecule has 2 rings (SSSR count). The lowest BCUT2D eigenvalue weighted by Gasteiger charge is -2.13. The second-order valence-corrected chi connectivity index (χ2v) is 4.74. The number of phenolic OH excluding ortho intramolecular Hbond substituents is 1. The maximum atomic E-state index is 12.6. The van der Waals surface area contributed by atoms with Crippen LogP contribution in [-0.4, -0.2) is 30.4 Å². The molecule has 25 heavy (non-hydrogen) atoms. The van der Waals surface area contributed by atoms with Gasteiger partial charge in [-0.05, 0) is 37.3 Å². The quantitative estimate of drug-likeness (QED) is 0.594. The molecule has 0 aliphatic rings. The van der Waals surface area contributed by atoms with E-state index in [0.717, 1.165) is 0 Å². The van der Waals surface area contributed by atoms with E-state index in [0.29, 0.717) is 0 Å². The van der Waals surface area contributed by atoms with Crippen molar-refractivity contribution in [3.63, 3.8) is 0 Å². The van der Waals surface area contributed by atoms with Crippen LogP contribution in [-0.2, 0) is 0 Å². The van der Waals surface area contributed by atoms with Crippen LogP contribution in [0.15, 0.2) is 47.6 Å². The molecule has 8 heteroatoms. The molecule has 0 aliphatic heterocycles. The van der Waals surface area contributed by atoms with E-state index >= 15 is 0 Å². The first kappa shape index (κ1) is 18.2. The van der Waals surface area contributed by atoms with Crippen molar-refractivity contribution in [2.45, 2.75) is 13.5 Å². The summed E-state index contributed by atoms with van der Waals surface area (Å²) in [5.41, 5.74) is 2.65. The number of hydrazone groups is 1. The molecule has 0 aromatic heterocycles. The first-order valence-electron chi connectivity index (χ1n) is 7.34. The number of rotatable bonds is 7. The largest absolute Gasteiger partial charge is 0.508 e. The first-order valence-corrected chi connectivity index (χ1v) is 7.34. The second kappa shape index (κ2) is 8.62. The molecule has 0 spiro atoms. The number of ether oxygens (including phenoxy) is 2. The molecule has 2 N–H and O–H groups in total. The number of nitrogens with zero attached hydrogens (tertiary/aromatic N) is 1. The summed E-state index contributed by atoms with van der Waals surface area (Å²) >= 11 is 0. The van der Waals surface area contributed by atoms with E-state index in [1.807, 2.05) is 0 Å². The van der Waals surface area contributed by atoms with Crippen molar-refractivity contribution in [2.75, 3.05) is 6.61 Å². The van der Waals surface area contributed by atoms with Gasteiger partial charge in [0.15, 0.2) is 11.5 Å². The summed E-state index contributed by atoms with van der Waals surface area (Å²) < 4.78 is 35.0. The Kier molecular flexibility index (Phi) is 6.27. The lowest BCUT2D eigenvalue weighted by Crippen LogP contribution is -2.17. The van der Waals surface area contributed by atoms with Crippen molar-refractivity contribution in [1.82, 2.24) is 5.43 Å². The lowest BCUT2D eigenvalue weighted by atomic mass is 10.2. The van der Waals surface area contributed by atoms with Crippen LogP contribution in [0.1, 0.15) is 22.8 Å². The van der Waals surface area contributed by atoms with Crippen molar-refractivity contribution in [3.8, 4) is 17.2 Å². The zero-order chi connectivity index (χ0) is 18.2. The fourth-order valence-electron chi connectivity index (χ4n) is 1.99. The van der Waals surface area contributed by atoms with Gasteiger partial charge in [-0.1, -0.05) is 12.1 Å². The summed E-state index contributed by atoms with van der Waals surface area (Å²) in [7, 11) is 0. The number of halogens is 2. The van der Waals surface area contributed by atoms with Crippen molar-refractivity contribution in [2.24, 2.45) is 5.10 Å². The van der Waals surface area contributed by atoms with Crippen LogP contribution in [0.2, 0.25) is 0 Å². The molecule has 0 radical (unpaired) electrons. The van der Waals surface area contributed by atoms with Crippen molar-refractivity contribution < 1.29 is 28.2 Å². The van der Waals surface area contributed by atoms with Gasteiger partial charge in [0.05, 0.1) is 12.8 Å². The predicted molar refractivity (Wildman–Crippen MR) is 87.4 cm³/mol. The van der Waals surface area contributed by atoms with Gasteiger partial charge in [0, 0.05) is 11.1 Å². The molecular formula is C17H16F2N2O4. The van der Waals surface area contributed by atoms with Crippen molar-refractivity contribution >= 4 is 12.1 Å². The minimum atomic E-state index is -3.03. The van der Waals surface area contributed by atoms with E-state index in [1.165, 1.54) is 42.6 Å². The number of hydrogen-bond acceptors (Lipinski definition) is 5. The van der Waals surface area contributed by atoms with E-state index < -0.39 is 12.5 Å². The number of phenols is 1. The summed E-state index contributed by atoms with van der Waals surface area (Å²) in [5.74, 6) is -0.654. The van der Waals surface area contributed by atoms with Crippen LogP contribution < -0.4 is 14.9 Å². The van der Waals surface area contributed by atoms with Crippen LogP contribution in [0.5, 0.6) is 17.2 Å². The number of carbonyl (C=O) groups excluding carboxylic acids is 1. The molecule has 0 fully saturated rings. The molecule has 1 amide bonds. The number of carbonyl (C=O) groups is 1. The monoisotopic (exact) mass is 350 g/mol. The highest BCUT2D eigenvalue weighted by Gasteiger charge is 2.14. The number of nitrogens with one attached hydrogen (secondary N) is 1. The molecule has 0 heterocycles. The Labute approximate surface area is 142 Å². The van der Waals surface area contributed by atoms with Crippen LogP contribution >= 0.6 is 0 Å². The Hall–Kier alpha value is -3.16. The Morgan fingerprint density at radius 2 is 2.08 bits per heavy atom. The molecular weight excluding hydrogens is 334 g/mol. The Morgan fingerprint density at radius 3 is 2.76 bits per heavy atom. The van der Waals surface area contributed by atoms with Crippen LogP contribution in [0, 0.1) is 0 Å². The molecule has 132 valence electrons. The van der Waals surface area contributed by atoms with Gasteiger partial charge in [-0.3, -0.25) is 4.79 Å². The van der Waals surface area contributed by atoms with E-state index in [1.54, 1.807) is 13.0 Å². The third-order valence-electron chi connectivity index (χ3n) is 2.99. The molecule has 0 unspecified atom stereocenters. The second-order valence-electron chi connectivity index (χ2n) is 4.74. The maximum absolute atomic E-state index is 12.6. The lowest BCUT2D eigenvalue weighted by molar-refractivity contribution is -0.0515. The predicted octanol–water partition coefficient (Wildman–Crippen LogP) is 3.16. The van der Waals surface area contributed by atoms with E-state index in [-0.39, 0.29) is 35.0 Å². The average molecular weight is 350 g/mol. The smallest absolute Gasteiger partial charge is 0.387 e. The minimum absolute atomic E-state index is 0.0614. The van der Waals surface area contributed by atoms with Gasteiger partial charge in [0.25, 0.3) is 5.91 Å². The SMILES string of the molecule is CCOc1cccc(/C=N\NC(=O)c2cccc(O)c2)c1OC(F)F. The summed E-state index contributed by atoms with van der Waals surface area (Å²) in [6, 6.07) is 10.3. The fourth-order valence-corrected chi connectivity index (χ4v) is 1.99.